The molecule has 7 rings (SSSR count). The molecule has 7 heteroatoms. The van der Waals surface area contributed by atoms with Crippen LogP contribution in [0.3, 0.4) is 0 Å². The zero-order valence-corrected chi connectivity index (χ0v) is 18.8. The van der Waals surface area contributed by atoms with Crippen LogP contribution >= 0.6 is 0 Å². The summed E-state index contributed by atoms with van der Waals surface area (Å²) in [4.78, 5) is 9.88. The van der Waals surface area contributed by atoms with Crippen LogP contribution in [0.4, 0.5) is 0 Å². The summed E-state index contributed by atoms with van der Waals surface area (Å²) in [7, 11) is 0. The zero-order chi connectivity index (χ0) is 23.0. The minimum Gasteiger partial charge on any atom is -0.508 e. The predicted octanol–water partition coefficient (Wildman–Crippen LogP) is 3.14. The Kier molecular flexibility index (Phi) is 5.72. The summed E-state index contributed by atoms with van der Waals surface area (Å²) in [6.07, 6.45) is 0. The number of phenolic OH excluding ortho intramolecular Hbond substituents is 3. The van der Waals surface area contributed by atoms with Crippen molar-refractivity contribution in [2.24, 2.45) is 0 Å². The smallest absolute Gasteiger partial charge is 0.115 e. The van der Waals surface area contributed by atoms with E-state index in [4.69, 9.17) is 0 Å². The standard InChI is InChI=1S/C20H18O3.C6H12N4/c1-20(14-2-8-17(21)9-3-14,15-4-10-18(22)11-5-15)16-6-12-19(23)13-7-16;1-7-2-9-4-8(1)5-10(3-7)6-9/h2-13,21-23H,1H3;1-6H2. The van der Waals surface area contributed by atoms with E-state index in [2.05, 4.69) is 26.5 Å². The van der Waals surface area contributed by atoms with Gasteiger partial charge in [0, 0.05) is 5.41 Å². The first-order valence-electron chi connectivity index (χ1n) is 11.2. The maximum absolute atomic E-state index is 9.57. The van der Waals surface area contributed by atoms with E-state index in [1.165, 1.54) is 40.0 Å². The first-order valence-corrected chi connectivity index (χ1v) is 11.2. The van der Waals surface area contributed by atoms with E-state index in [1.54, 1.807) is 36.4 Å². The van der Waals surface area contributed by atoms with Gasteiger partial charge in [-0.1, -0.05) is 36.4 Å². The Morgan fingerprint density at radius 2 is 0.667 bits per heavy atom. The second-order valence-corrected chi connectivity index (χ2v) is 9.30. The highest BCUT2D eigenvalue weighted by Crippen LogP contribution is 2.40. The number of nitrogens with zero attached hydrogens (tertiary/aromatic N) is 4. The topological polar surface area (TPSA) is 73.7 Å². The lowest BCUT2D eigenvalue weighted by molar-refractivity contribution is -0.194. The van der Waals surface area contributed by atoms with Crippen molar-refractivity contribution >= 4 is 0 Å². The van der Waals surface area contributed by atoms with Gasteiger partial charge in [-0.05, 0) is 60.0 Å². The van der Waals surface area contributed by atoms with Crippen LogP contribution in [0.1, 0.15) is 23.6 Å². The molecule has 0 spiro atoms. The number of aromatic hydroxyl groups is 3. The summed E-state index contributed by atoms with van der Waals surface area (Å²) in [5.74, 6) is 0.646. The van der Waals surface area contributed by atoms with Gasteiger partial charge in [-0.25, -0.2) is 0 Å². The Balaban J connectivity index is 0.000000186. The Bertz CT molecular complexity index is 917. The molecule has 4 bridgehead atoms. The molecule has 172 valence electrons. The van der Waals surface area contributed by atoms with Crippen LogP contribution in [0.2, 0.25) is 0 Å². The molecule has 0 unspecified atom stereocenters. The molecule has 3 N–H and O–H groups in total. The molecular formula is C26H30N4O3. The van der Waals surface area contributed by atoms with E-state index in [-0.39, 0.29) is 17.2 Å². The zero-order valence-electron chi connectivity index (χ0n) is 18.8. The Hall–Kier alpha value is -3.10. The highest BCUT2D eigenvalue weighted by Gasteiger charge is 2.36. The molecule has 33 heavy (non-hydrogen) atoms. The molecule has 3 aromatic rings. The van der Waals surface area contributed by atoms with Gasteiger partial charge in [0.25, 0.3) is 0 Å². The fourth-order valence-corrected chi connectivity index (χ4v) is 5.12. The first kappa shape index (κ1) is 21.7. The highest BCUT2D eigenvalue weighted by molar-refractivity contribution is 5.51. The summed E-state index contributed by atoms with van der Waals surface area (Å²) in [5, 5.41) is 28.7. The van der Waals surface area contributed by atoms with E-state index in [0.717, 1.165) is 16.7 Å². The average Bonchev–Trinajstić information content (AvgIpc) is 2.79. The monoisotopic (exact) mass is 446 g/mol. The quantitative estimate of drug-likeness (QED) is 0.534. The van der Waals surface area contributed by atoms with Gasteiger partial charge in [-0.3, -0.25) is 19.6 Å². The molecule has 4 saturated heterocycles. The SMILES string of the molecule is C1N2CN3CN1CN(C2)C3.CC(c1ccc(O)cc1)(c1ccc(O)cc1)c1ccc(O)cc1. The van der Waals surface area contributed by atoms with Gasteiger partial charge in [-0.15, -0.1) is 0 Å². The third-order valence-electron chi connectivity index (χ3n) is 6.73. The van der Waals surface area contributed by atoms with Crippen LogP contribution in [0.5, 0.6) is 17.2 Å². The van der Waals surface area contributed by atoms with E-state index in [9.17, 15) is 15.3 Å². The third-order valence-corrected chi connectivity index (χ3v) is 6.73. The van der Waals surface area contributed by atoms with Crippen molar-refractivity contribution in [3.05, 3.63) is 89.5 Å². The lowest BCUT2D eigenvalue weighted by atomic mass is 9.71. The minimum absolute atomic E-state index is 0.215. The second kappa shape index (κ2) is 8.68. The first-order chi connectivity index (χ1) is 15.9. The summed E-state index contributed by atoms with van der Waals surface area (Å²) in [6.45, 7) is 9.21. The van der Waals surface area contributed by atoms with Crippen LogP contribution in [0, 0.1) is 0 Å². The number of phenols is 3. The van der Waals surface area contributed by atoms with E-state index in [1.807, 2.05) is 36.4 Å². The summed E-state index contributed by atoms with van der Waals surface area (Å²) in [5.41, 5.74) is 2.54. The number of benzene rings is 3. The van der Waals surface area contributed by atoms with Crippen LogP contribution in [0.25, 0.3) is 0 Å². The number of hydrogen-bond acceptors (Lipinski definition) is 7. The van der Waals surface area contributed by atoms with Crippen molar-refractivity contribution in [3.8, 4) is 17.2 Å². The van der Waals surface area contributed by atoms with E-state index >= 15 is 0 Å². The molecule has 4 heterocycles. The molecule has 0 radical (unpaired) electrons. The molecule has 0 aliphatic carbocycles. The molecule has 0 saturated carbocycles. The molecule has 4 aliphatic rings. The van der Waals surface area contributed by atoms with Gasteiger partial charge >= 0.3 is 0 Å². The summed E-state index contributed by atoms with van der Waals surface area (Å²) < 4.78 is 0. The van der Waals surface area contributed by atoms with Gasteiger partial charge in [0.1, 0.15) is 17.2 Å². The summed E-state index contributed by atoms with van der Waals surface area (Å²) in [6, 6.07) is 21.3. The van der Waals surface area contributed by atoms with Gasteiger partial charge in [0.15, 0.2) is 0 Å². The molecule has 4 aliphatic heterocycles. The van der Waals surface area contributed by atoms with Gasteiger partial charge in [-0.2, -0.15) is 0 Å². The molecule has 0 atom stereocenters. The van der Waals surface area contributed by atoms with Crippen LogP contribution < -0.4 is 0 Å². The van der Waals surface area contributed by atoms with Crippen molar-refractivity contribution in [2.75, 3.05) is 40.0 Å². The van der Waals surface area contributed by atoms with Crippen LogP contribution in [-0.2, 0) is 5.41 Å². The largest absolute Gasteiger partial charge is 0.508 e. The predicted molar refractivity (Wildman–Crippen MR) is 126 cm³/mol. The molecule has 7 nitrogen and oxygen atoms in total. The maximum atomic E-state index is 9.57. The van der Waals surface area contributed by atoms with Crippen molar-refractivity contribution in [2.45, 2.75) is 12.3 Å². The van der Waals surface area contributed by atoms with E-state index < -0.39 is 5.41 Å². The Morgan fingerprint density at radius 3 is 0.879 bits per heavy atom. The van der Waals surface area contributed by atoms with Crippen molar-refractivity contribution in [1.29, 1.82) is 0 Å². The van der Waals surface area contributed by atoms with Crippen molar-refractivity contribution in [1.82, 2.24) is 19.6 Å². The van der Waals surface area contributed by atoms with Crippen molar-refractivity contribution < 1.29 is 15.3 Å². The fraction of sp³-hybridized carbons (Fsp3) is 0.308. The highest BCUT2D eigenvalue weighted by atomic mass is 16.3. The molecule has 0 aromatic heterocycles. The van der Waals surface area contributed by atoms with Gasteiger partial charge in [0.05, 0.1) is 40.0 Å². The average molecular weight is 447 g/mol. The molecule has 3 aromatic carbocycles. The lowest BCUT2D eigenvalue weighted by Gasteiger charge is -2.56. The number of rotatable bonds is 3. The van der Waals surface area contributed by atoms with Gasteiger partial charge in [0.2, 0.25) is 0 Å². The molecule has 0 amide bonds. The normalized spacial score (nSPS) is 25.4. The minimum atomic E-state index is -0.477. The second-order valence-electron chi connectivity index (χ2n) is 9.30. The third kappa shape index (κ3) is 4.41. The maximum Gasteiger partial charge on any atom is 0.115 e. The van der Waals surface area contributed by atoms with E-state index in [0.29, 0.717) is 0 Å². The molecular weight excluding hydrogens is 416 g/mol. The fourth-order valence-electron chi connectivity index (χ4n) is 5.12. The lowest BCUT2D eigenvalue weighted by Crippen LogP contribution is -2.71. The Morgan fingerprint density at radius 1 is 0.455 bits per heavy atom. The van der Waals surface area contributed by atoms with Crippen LogP contribution in [0.15, 0.2) is 72.8 Å². The summed E-state index contributed by atoms with van der Waals surface area (Å²) >= 11 is 0. The van der Waals surface area contributed by atoms with Crippen LogP contribution in [-0.4, -0.2) is 74.9 Å². The van der Waals surface area contributed by atoms with Crippen molar-refractivity contribution in [3.63, 3.8) is 0 Å². The molecule has 4 fully saturated rings. The Labute approximate surface area is 194 Å². The van der Waals surface area contributed by atoms with Gasteiger partial charge < -0.3 is 15.3 Å². The number of hydrogen-bond donors (Lipinski definition) is 3.